The van der Waals surface area contributed by atoms with Crippen LogP contribution < -0.4 is 4.74 Å². The Labute approximate surface area is 92.0 Å². The van der Waals surface area contributed by atoms with Gasteiger partial charge >= 0.3 is 5.97 Å². The monoisotopic (exact) mass is 230 g/mol. The standard InChI is InChI=1S/C11H12F2O3/c1-3-16-10(14)5-7-4-8(12)6-9(13)11(7)15-2/h4,6H,3,5H2,1-2H3. The van der Waals surface area contributed by atoms with Gasteiger partial charge in [0, 0.05) is 11.6 Å². The van der Waals surface area contributed by atoms with Gasteiger partial charge in [0.2, 0.25) is 0 Å². The topological polar surface area (TPSA) is 35.5 Å². The van der Waals surface area contributed by atoms with Gasteiger partial charge in [0.15, 0.2) is 11.6 Å². The molecule has 0 amide bonds. The van der Waals surface area contributed by atoms with Gasteiger partial charge in [-0.3, -0.25) is 4.79 Å². The quantitative estimate of drug-likeness (QED) is 0.743. The maximum absolute atomic E-state index is 13.2. The van der Waals surface area contributed by atoms with Crippen LogP contribution in [0.25, 0.3) is 0 Å². The summed E-state index contributed by atoms with van der Waals surface area (Å²) in [6.45, 7) is 1.88. The van der Waals surface area contributed by atoms with Gasteiger partial charge in [-0.05, 0) is 13.0 Å². The van der Waals surface area contributed by atoms with Gasteiger partial charge < -0.3 is 9.47 Å². The highest BCUT2D eigenvalue weighted by Crippen LogP contribution is 2.24. The molecule has 0 aliphatic rings. The van der Waals surface area contributed by atoms with E-state index in [-0.39, 0.29) is 24.3 Å². The predicted molar refractivity (Wildman–Crippen MR) is 53.2 cm³/mol. The first-order valence-corrected chi connectivity index (χ1v) is 4.76. The lowest BCUT2D eigenvalue weighted by Crippen LogP contribution is -2.09. The molecular weight excluding hydrogens is 218 g/mol. The van der Waals surface area contributed by atoms with Crippen LogP contribution in [0.3, 0.4) is 0 Å². The Kier molecular flexibility index (Phi) is 4.22. The second-order valence-electron chi connectivity index (χ2n) is 3.06. The summed E-state index contributed by atoms with van der Waals surface area (Å²) in [5.41, 5.74) is 0.137. The van der Waals surface area contributed by atoms with Gasteiger partial charge in [0.25, 0.3) is 0 Å². The number of hydrogen-bond donors (Lipinski definition) is 0. The minimum absolute atomic E-state index is 0.130. The molecule has 5 heteroatoms. The van der Waals surface area contributed by atoms with Crippen LogP contribution in [0, 0.1) is 11.6 Å². The zero-order valence-electron chi connectivity index (χ0n) is 9.05. The van der Waals surface area contributed by atoms with Gasteiger partial charge in [-0.1, -0.05) is 0 Å². The normalized spacial score (nSPS) is 10.0. The molecule has 0 aliphatic carbocycles. The molecule has 1 rings (SSSR count). The Balaban J connectivity index is 2.97. The van der Waals surface area contributed by atoms with Gasteiger partial charge in [-0.15, -0.1) is 0 Å². The Bertz CT molecular complexity index is 391. The predicted octanol–water partition coefficient (Wildman–Crippen LogP) is 2.08. The molecule has 0 radical (unpaired) electrons. The first-order chi connectivity index (χ1) is 7.58. The van der Waals surface area contributed by atoms with E-state index in [2.05, 4.69) is 4.74 Å². The Hall–Kier alpha value is -1.65. The van der Waals surface area contributed by atoms with Crippen LogP contribution in [0.4, 0.5) is 8.78 Å². The third-order valence-electron chi connectivity index (χ3n) is 1.93. The van der Waals surface area contributed by atoms with Gasteiger partial charge in [0.05, 0.1) is 20.1 Å². The second-order valence-corrected chi connectivity index (χ2v) is 3.06. The van der Waals surface area contributed by atoms with Crippen molar-refractivity contribution >= 4 is 5.97 Å². The summed E-state index contributed by atoms with van der Waals surface area (Å²) < 4.78 is 35.6. The number of ether oxygens (including phenoxy) is 2. The lowest BCUT2D eigenvalue weighted by Gasteiger charge is -2.09. The minimum atomic E-state index is -0.832. The van der Waals surface area contributed by atoms with Crippen LogP contribution in [0.1, 0.15) is 12.5 Å². The number of halogens is 2. The Morgan fingerprint density at radius 1 is 1.38 bits per heavy atom. The fourth-order valence-electron chi connectivity index (χ4n) is 1.34. The van der Waals surface area contributed by atoms with E-state index < -0.39 is 17.6 Å². The first-order valence-electron chi connectivity index (χ1n) is 4.76. The van der Waals surface area contributed by atoms with E-state index in [9.17, 15) is 13.6 Å². The van der Waals surface area contributed by atoms with Gasteiger partial charge in [-0.2, -0.15) is 0 Å². The zero-order chi connectivity index (χ0) is 12.1. The SMILES string of the molecule is CCOC(=O)Cc1cc(F)cc(F)c1OC. The van der Waals surface area contributed by atoms with Gasteiger partial charge in [0.1, 0.15) is 5.82 Å². The van der Waals surface area contributed by atoms with Crippen molar-refractivity contribution in [1.82, 2.24) is 0 Å². The smallest absolute Gasteiger partial charge is 0.310 e. The average Bonchev–Trinajstić information content (AvgIpc) is 2.17. The van der Waals surface area contributed by atoms with E-state index in [0.29, 0.717) is 6.07 Å². The Morgan fingerprint density at radius 3 is 2.62 bits per heavy atom. The third-order valence-corrected chi connectivity index (χ3v) is 1.93. The highest BCUT2D eigenvalue weighted by atomic mass is 19.1. The van der Waals surface area contributed by atoms with E-state index in [0.717, 1.165) is 6.07 Å². The lowest BCUT2D eigenvalue weighted by atomic mass is 10.1. The van der Waals surface area contributed by atoms with Gasteiger partial charge in [-0.25, -0.2) is 8.78 Å². The van der Waals surface area contributed by atoms with Crippen LogP contribution >= 0.6 is 0 Å². The molecule has 1 aromatic rings. The van der Waals surface area contributed by atoms with Crippen molar-refractivity contribution in [3.05, 3.63) is 29.3 Å². The van der Waals surface area contributed by atoms with Crippen molar-refractivity contribution in [1.29, 1.82) is 0 Å². The molecule has 0 fully saturated rings. The molecule has 0 atom stereocenters. The van der Waals surface area contributed by atoms with Crippen molar-refractivity contribution in [2.45, 2.75) is 13.3 Å². The van der Waals surface area contributed by atoms with E-state index in [1.54, 1.807) is 6.92 Å². The van der Waals surface area contributed by atoms with E-state index in [1.807, 2.05) is 0 Å². The summed E-state index contributed by atoms with van der Waals surface area (Å²) in [7, 11) is 1.25. The number of hydrogen-bond acceptors (Lipinski definition) is 3. The first kappa shape index (κ1) is 12.4. The summed E-state index contributed by atoms with van der Waals surface area (Å²) >= 11 is 0. The molecular formula is C11H12F2O3. The van der Waals surface area contributed by atoms with Crippen LogP contribution in [0.5, 0.6) is 5.75 Å². The summed E-state index contributed by atoms with van der Waals surface area (Å²) in [4.78, 5) is 11.2. The maximum Gasteiger partial charge on any atom is 0.310 e. The van der Waals surface area contributed by atoms with Crippen LogP contribution in [0.2, 0.25) is 0 Å². The molecule has 0 bridgehead atoms. The summed E-state index contributed by atoms with van der Waals surface area (Å²) in [5, 5.41) is 0. The molecule has 0 heterocycles. The minimum Gasteiger partial charge on any atom is -0.493 e. The maximum atomic E-state index is 13.2. The number of benzene rings is 1. The fourth-order valence-corrected chi connectivity index (χ4v) is 1.34. The summed E-state index contributed by atoms with van der Waals surface area (Å²) in [6, 6.07) is 1.76. The van der Waals surface area contributed by atoms with E-state index in [4.69, 9.17) is 4.74 Å². The summed E-state index contributed by atoms with van der Waals surface area (Å²) in [5.74, 6) is -2.26. The molecule has 3 nitrogen and oxygen atoms in total. The zero-order valence-corrected chi connectivity index (χ0v) is 9.05. The number of esters is 1. The van der Waals surface area contributed by atoms with Crippen molar-refractivity contribution in [3.63, 3.8) is 0 Å². The second kappa shape index (κ2) is 5.44. The molecule has 0 aliphatic heterocycles. The molecule has 0 spiro atoms. The average molecular weight is 230 g/mol. The van der Waals surface area contributed by atoms with Crippen molar-refractivity contribution in [3.8, 4) is 5.75 Å². The van der Waals surface area contributed by atoms with E-state index >= 15 is 0 Å². The van der Waals surface area contributed by atoms with Crippen molar-refractivity contribution in [2.75, 3.05) is 13.7 Å². The molecule has 1 aromatic carbocycles. The number of carbonyl (C=O) groups is 1. The van der Waals surface area contributed by atoms with Crippen molar-refractivity contribution in [2.24, 2.45) is 0 Å². The van der Waals surface area contributed by atoms with Crippen molar-refractivity contribution < 1.29 is 23.0 Å². The Morgan fingerprint density at radius 2 is 2.06 bits per heavy atom. The summed E-state index contributed by atoms with van der Waals surface area (Å²) in [6.07, 6.45) is -0.217. The number of rotatable bonds is 4. The van der Waals surface area contributed by atoms with Crippen LogP contribution in [-0.4, -0.2) is 19.7 Å². The molecule has 0 saturated heterocycles. The fraction of sp³-hybridized carbons (Fsp3) is 0.364. The molecule has 0 aromatic heterocycles. The molecule has 0 N–H and O–H groups in total. The number of carbonyl (C=O) groups excluding carboxylic acids is 1. The molecule has 88 valence electrons. The van der Waals surface area contributed by atoms with Crippen LogP contribution in [-0.2, 0) is 16.0 Å². The third kappa shape index (κ3) is 2.92. The highest BCUT2D eigenvalue weighted by Gasteiger charge is 2.15. The largest absolute Gasteiger partial charge is 0.493 e. The van der Waals surface area contributed by atoms with E-state index in [1.165, 1.54) is 7.11 Å². The number of methoxy groups -OCH3 is 1. The molecule has 0 saturated carbocycles. The van der Waals surface area contributed by atoms with Crippen LogP contribution in [0.15, 0.2) is 12.1 Å². The lowest BCUT2D eigenvalue weighted by molar-refractivity contribution is -0.142. The highest BCUT2D eigenvalue weighted by molar-refractivity contribution is 5.73. The molecule has 16 heavy (non-hydrogen) atoms. The molecule has 0 unspecified atom stereocenters.